The minimum Gasteiger partial charge on any atom is -0.469 e. The van der Waals surface area contributed by atoms with Crippen LogP contribution in [0.4, 0.5) is 0 Å². The van der Waals surface area contributed by atoms with Crippen molar-refractivity contribution in [3.8, 4) is 0 Å². The molecule has 0 aliphatic rings. The maximum Gasteiger partial charge on any atom is 0.305 e. The molecule has 0 fully saturated rings. The van der Waals surface area contributed by atoms with Crippen LogP contribution in [-0.4, -0.2) is 26.2 Å². The summed E-state index contributed by atoms with van der Waals surface area (Å²) in [5.41, 5.74) is 3.54. The van der Waals surface area contributed by atoms with Crippen LogP contribution in [0, 0.1) is 6.92 Å². The predicted octanol–water partition coefficient (Wildman–Crippen LogP) is 4.38. The zero-order valence-electron chi connectivity index (χ0n) is 14.4. The lowest BCUT2D eigenvalue weighted by Gasteiger charge is -2.35. The third-order valence-electron chi connectivity index (χ3n) is 4.62. The zero-order chi connectivity index (χ0) is 17.1. The smallest absolute Gasteiger partial charge is 0.305 e. The molecule has 22 heavy (non-hydrogen) atoms. The Balaban J connectivity index is 2.97. The first kappa shape index (κ1) is 19.4. The topological polar surface area (TPSA) is 46.5 Å². The monoisotopic (exact) mass is 386 g/mol. The van der Waals surface area contributed by atoms with Crippen LogP contribution in [0.5, 0.6) is 0 Å². The maximum absolute atomic E-state index is 11.3. The summed E-state index contributed by atoms with van der Waals surface area (Å²) in [6.45, 7) is 10.3. The first-order valence-corrected chi connectivity index (χ1v) is 11.3. The summed E-state index contributed by atoms with van der Waals surface area (Å²) in [6, 6.07) is 4.26. The normalized spacial score (nSPS) is 12.4. The summed E-state index contributed by atoms with van der Waals surface area (Å²) in [5.74, 6) is -0.186. The SMILES string of the molecule is COC(=O)CCc1cc(Br)c(CC(C)(C)[Si](C)(C)O)cc1C. The predicted molar refractivity (Wildman–Crippen MR) is 96.7 cm³/mol. The van der Waals surface area contributed by atoms with E-state index in [1.54, 1.807) is 0 Å². The molecule has 1 aromatic rings. The number of carbonyl (C=O) groups excluding carboxylic acids is 1. The van der Waals surface area contributed by atoms with Gasteiger partial charge in [-0.3, -0.25) is 4.79 Å². The van der Waals surface area contributed by atoms with Gasteiger partial charge in [0, 0.05) is 10.9 Å². The van der Waals surface area contributed by atoms with Gasteiger partial charge in [0.2, 0.25) is 0 Å². The minimum atomic E-state index is -2.24. The van der Waals surface area contributed by atoms with Gasteiger partial charge in [0.25, 0.3) is 0 Å². The van der Waals surface area contributed by atoms with Crippen molar-refractivity contribution in [3.05, 3.63) is 33.3 Å². The molecule has 0 spiro atoms. The van der Waals surface area contributed by atoms with Crippen molar-refractivity contribution in [3.63, 3.8) is 0 Å². The Morgan fingerprint density at radius 3 is 2.41 bits per heavy atom. The molecule has 0 atom stereocenters. The van der Waals surface area contributed by atoms with Crippen molar-refractivity contribution >= 4 is 30.2 Å². The van der Waals surface area contributed by atoms with E-state index in [1.807, 2.05) is 13.1 Å². The van der Waals surface area contributed by atoms with E-state index in [9.17, 15) is 9.59 Å². The number of carbonyl (C=O) groups is 1. The molecule has 0 aromatic heterocycles. The largest absolute Gasteiger partial charge is 0.469 e. The number of ether oxygens (including phenoxy) is 1. The zero-order valence-corrected chi connectivity index (χ0v) is 17.0. The Kier molecular flexibility index (Phi) is 6.42. The minimum absolute atomic E-state index is 0.102. The van der Waals surface area contributed by atoms with Crippen molar-refractivity contribution in [2.45, 2.75) is 58.2 Å². The van der Waals surface area contributed by atoms with Crippen LogP contribution in [0.25, 0.3) is 0 Å². The van der Waals surface area contributed by atoms with E-state index in [0.29, 0.717) is 12.8 Å². The Morgan fingerprint density at radius 1 is 1.32 bits per heavy atom. The highest BCUT2D eigenvalue weighted by Gasteiger charge is 2.38. The number of hydrogen-bond acceptors (Lipinski definition) is 3. The van der Waals surface area contributed by atoms with Crippen molar-refractivity contribution in [1.82, 2.24) is 0 Å². The molecule has 1 rings (SSSR count). The van der Waals surface area contributed by atoms with Gasteiger partial charge in [-0.15, -0.1) is 0 Å². The molecular formula is C17H27BrO3Si. The van der Waals surface area contributed by atoms with E-state index in [2.05, 4.69) is 48.8 Å². The fourth-order valence-corrected chi connectivity index (χ4v) is 3.37. The number of rotatable bonds is 6. The number of hydrogen-bond donors (Lipinski definition) is 1. The van der Waals surface area contributed by atoms with E-state index in [0.717, 1.165) is 16.5 Å². The standard InChI is InChI=1S/C17H27BrO3Si/c1-12-9-14(11-17(2,3)22(5,6)20)15(18)10-13(12)7-8-16(19)21-4/h9-10,20H,7-8,11H2,1-6H3. The number of esters is 1. The average Bonchev–Trinajstić information content (AvgIpc) is 2.39. The molecule has 3 nitrogen and oxygen atoms in total. The third-order valence-corrected chi connectivity index (χ3v) is 8.85. The molecule has 1 aromatic carbocycles. The molecular weight excluding hydrogens is 360 g/mol. The lowest BCUT2D eigenvalue weighted by atomic mass is 9.96. The van der Waals surface area contributed by atoms with Crippen LogP contribution in [0.15, 0.2) is 16.6 Å². The Labute approximate surface area is 143 Å². The molecule has 0 bridgehead atoms. The van der Waals surface area contributed by atoms with E-state index in [4.69, 9.17) is 4.74 Å². The van der Waals surface area contributed by atoms with Crippen molar-refractivity contribution in [2.24, 2.45) is 0 Å². The number of benzene rings is 1. The quantitative estimate of drug-likeness (QED) is 0.582. The fourth-order valence-electron chi connectivity index (χ4n) is 2.22. The van der Waals surface area contributed by atoms with Gasteiger partial charge < -0.3 is 9.53 Å². The molecule has 5 heteroatoms. The lowest BCUT2D eigenvalue weighted by molar-refractivity contribution is -0.140. The molecule has 124 valence electrons. The second kappa shape index (κ2) is 7.28. The van der Waals surface area contributed by atoms with Gasteiger partial charge in [-0.25, -0.2) is 0 Å². The fraction of sp³-hybridized carbons (Fsp3) is 0.588. The lowest BCUT2D eigenvalue weighted by Crippen LogP contribution is -2.40. The van der Waals surface area contributed by atoms with Gasteiger partial charge in [0.15, 0.2) is 8.32 Å². The van der Waals surface area contributed by atoms with Crippen molar-refractivity contribution < 1.29 is 14.3 Å². The highest BCUT2D eigenvalue weighted by Crippen LogP contribution is 2.40. The molecule has 0 saturated heterocycles. The first-order valence-electron chi connectivity index (χ1n) is 7.55. The summed E-state index contributed by atoms with van der Waals surface area (Å²) in [7, 11) is -0.825. The second-order valence-corrected chi connectivity index (χ2v) is 12.4. The summed E-state index contributed by atoms with van der Waals surface area (Å²) < 4.78 is 5.74. The second-order valence-electron chi connectivity index (χ2n) is 7.07. The maximum atomic E-state index is 11.3. The Bertz CT molecular complexity index is 548. The van der Waals surface area contributed by atoms with E-state index in [1.165, 1.54) is 18.2 Å². The van der Waals surface area contributed by atoms with Gasteiger partial charge >= 0.3 is 5.97 Å². The molecule has 0 unspecified atom stereocenters. The Morgan fingerprint density at radius 2 is 1.91 bits per heavy atom. The highest BCUT2D eigenvalue weighted by atomic mass is 79.9. The molecule has 0 aliphatic carbocycles. The summed E-state index contributed by atoms with van der Waals surface area (Å²) in [6.07, 6.45) is 1.91. The summed E-state index contributed by atoms with van der Waals surface area (Å²) in [5, 5.41) is -0.102. The van der Waals surface area contributed by atoms with Crippen LogP contribution in [-0.2, 0) is 22.4 Å². The highest BCUT2D eigenvalue weighted by molar-refractivity contribution is 9.10. The molecule has 0 aliphatic heterocycles. The van der Waals surface area contributed by atoms with Crippen LogP contribution in [0.3, 0.4) is 0 Å². The third kappa shape index (κ3) is 4.93. The van der Waals surface area contributed by atoms with E-state index >= 15 is 0 Å². The summed E-state index contributed by atoms with van der Waals surface area (Å²) in [4.78, 5) is 21.8. The number of aryl methyl sites for hydroxylation is 2. The van der Waals surface area contributed by atoms with E-state index < -0.39 is 8.32 Å². The van der Waals surface area contributed by atoms with Gasteiger partial charge in [-0.2, -0.15) is 0 Å². The van der Waals surface area contributed by atoms with Crippen LogP contribution < -0.4 is 0 Å². The van der Waals surface area contributed by atoms with Crippen molar-refractivity contribution in [1.29, 1.82) is 0 Å². The van der Waals surface area contributed by atoms with Gasteiger partial charge in [-0.1, -0.05) is 35.8 Å². The van der Waals surface area contributed by atoms with Crippen molar-refractivity contribution in [2.75, 3.05) is 7.11 Å². The molecule has 0 amide bonds. The van der Waals surface area contributed by atoms with Crippen LogP contribution in [0.2, 0.25) is 18.1 Å². The van der Waals surface area contributed by atoms with Crippen LogP contribution in [0.1, 0.15) is 37.0 Å². The van der Waals surface area contributed by atoms with Gasteiger partial charge in [0.05, 0.1) is 7.11 Å². The molecule has 1 N–H and O–H groups in total. The van der Waals surface area contributed by atoms with Gasteiger partial charge in [-0.05, 0) is 60.7 Å². The summed E-state index contributed by atoms with van der Waals surface area (Å²) >= 11 is 3.64. The van der Waals surface area contributed by atoms with E-state index in [-0.39, 0.29) is 11.0 Å². The molecule has 0 radical (unpaired) electrons. The van der Waals surface area contributed by atoms with Crippen LogP contribution >= 0.6 is 15.9 Å². The number of methoxy groups -OCH3 is 1. The molecule has 0 heterocycles. The first-order chi connectivity index (χ1) is 9.98. The van der Waals surface area contributed by atoms with Gasteiger partial charge in [0.1, 0.15) is 0 Å². The number of halogens is 1. The average molecular weight is 387 g/mol. The Hall–Kier alpha value is -0.653. The molecule has 0 saturated carbocycles.